The van der Waals surface area contributed by atoms with Crippen molar-refractivity contribution in [2.24, 2.45) is 0 Å². The molecule has 4 N–H and O–H groups in total. The number of rotatable bonds is 8. The Hall–Kier alpha value is -3.49. The fourth-order valence-electron chi connectivity index (χ4n) is 2.59. The van der Waals surface area contributed by atoms with Crippen molar-refractivity contribution in [1.29, 1.82) is 0 Å². The molecule has 0 aliphatic rings. The fraction of sp³-hybridized carbons (Fsp3) is 0.278. The van der Waals surface area contributed by atoms with E-state index in [-0.39, 0.29) is 18.0 Å². The number of amides is 1. The van der Waals surface area contributed by atoms with E-state index in [1.807, 2.05) is 6.92 Å². The molecule has 0 radical (unpaired) electrons. The molecule has 9 heteroatoms. The van der Waals surface area contributed by atoms with E-state index in [1.54, 1.807) is 24.3 Å². The molecular weight excluding hydrogens is 348 g/mol. The summed E-state index contributed by atoms with van der Waals surface area (Å²) in [6.07, 6.45) is 2.59. The van der Waals surface area contributed by atoms with Gasteiger partial charge in [-0.1, -0.05) is 6.92 Å². The number of fused-ring (bicyclic) bond motifs is 1. The standard InChI is InChI=1S/C18H20N6O3/c1-2-7-19-16-9-15(20-10-21-16)18(27)22-11-3-4-13-12(8-11)14(24-23-13)5-6-17(25)26/h3-4,8-10H,2,5-7H2,1H3,(H,22,27)(H,23,24)(H,25,26)(H,19,20,21). The predicted octanol–water partition coefficient (Wildman–Crippen LogP) is 2.44. The number of carboxylic acid groups (broad SMARTS) is 1. The highest BCUT2D eigenvalue weighted by Crippen LogP contribution is 2.22. The third-order valence-corrected chi connectivity index (χ3v) is 3.93. The molecule has 0 aliphatic carbocycles. The molecule has 0 saturated heterocycles. The van der Waals surface area contributed by atoms with Crippen LogP contribution >= 0.6 is 0 Å². The zero-order chi connectivity index (χ0) is 19.2. The van der Waals surface area contributed by atoms with Crippen molar-refractivity contribution in [3.63, 3.8) is 0 Å². The summed E-state index contributed by atoms with van der Waals surface area (Å²) in [6.45, 7) is 2.80. The van der Waals surface area contributed by atoms with Crippen LogP contribution in [0.5, 0.6) is 0 Å². The number of aliphatic carboxylic acids is 1. The van der Waals surface area contributed by atoms with Crippen LogP contribution in [-0.2, 0) is 11.2 Å². The van der Waals surface area contributed by atoms with Crippen LogP contribution in [0.4, 0.5) is 11.5 Å². The van der Waals surface area contributed by atoms with Crippen LogP contribution in [0, 0.1) is 0 Å². The number of aromatic nitrogens is 4. The molecule has 1 aromatic carbocycles. The van der Waals surface area contributed by atoms with Crippen LogP contribution in [0.15, 0.2) is 30.6 Å². The third-order valence-electron chi connectivity index (χ3n) is 3.93. The number of hydrogen-bond acceptors (Lipinski definition) is 6. The van der Waals surface area contributed by atoms with Gasteiger partial charge in [-0.05, 0) is 24.6 Å². The minimum atomic E-state index is -0.883. The number of anilines is 2. The average molecular weight is 368 g/mol. The molecule has 1 amide bonds. The van der Waals surface area contributed by atoms with E-state index in [0.29, 0.717) is 23.6 Å². The van der Waals surface area contributed by atoms with Crippen LogP contribution in [-0.4, -0.2) is 43.7 Å². The van der Waals surface area contributed by atoms with Gasteiger partial charge in [-0.15, -0.1) is 0 Å². The summed E-state index contributed by atoms with van der Waals surface area (Å²) in [4.78, 5) is 31.4. The second-order valence-electron chi connectivity index (χ2n) is 5.99. The van der Waals surface area contributed by atoms with Crippen molar-refractivity contribution < 1.29 is 14.7 Å². The Labute approximate surface area is 155 Å². The van der Waals surface area contributed by atoms with E-state index in [4.69, 9.17) is 5.11 Å². The van der Waals surface area contributed by atoms with Gasteiger partial charge in [-0.3, -0.25) is 14.7 Å². The van der Waals surface area contributed by atoms with Crippen molar-refractivity contribution in [2.45, 2.75) is 26.2 Å². The maximum absolute atomic E-state index is 12.5. The molecule has 0 bridgehead atoms. The monoisotopic (exact) mass is 368 g/mol. The average Bonchev–Trinajstić information content (AvgIpc) is 3.07. The van der Waals surface area contributed by atoms with Crippen LogP contribution in [0.1, 0.15) is 35.9 Å². The fourth-order valence-corrected chi connectivity index (χ4v) is 2.59. The molecule has 9 nitrogen and oxygen atoms in total. The van der Waals surface area contributed by atoms with Crippen molar-refractivity contribution in [2.75, 3.05) is 17.2 Å². The second kappa shape index (κ2) is 8.26. The van der Waals surface area contributed by atoms with E-state index >= 15 is 0 Å². The van der Waals surface area contributed by atoms with Gasteiger partial charge < -0.3 is 15.7 Å². The van der Waals surface area contributed by atoms with Gasteiger partial charge >= 0.3 is 5.97 Å². The van der Waals surface area contributed by atoms with Gasteiger partial charge in [0.1, 0.15) is 17.8 Å². The van der Waals surface area contributed by atoms with E-state index < -0.39 is 5.97 Å². The highest BCUT2D eigenvalue weighted by molar-refractivity contribution is 6.04. The quantitative estimate of drug-likeness (QED) is 0.480. The van der Waals surface area contributed by atoms with Crippen molar-refractivity contribution in [3.05, 3.63) is 42.0 Å². The molecule has 0 spiro atoms. The lowest BCUT2D eigenvalue weighted by Gasteiger charge is -2.07. The van der Waals surface area contributed by atoms with E-state index in [2.05, 4.69) is 30.8 Å². The molecule has 2 heterocycles. The Balaban J connectivity index is 1.76. The Kier molecular flexibility index (Phi) is 5.60. The lowest BCUT2D eigenvalue weighted by molar-refractivity contribution is -0.136. The van der Waals surface area contributed by atoms with Gasteiger partial charge in [0.05, 0.1) is 17.6 Å². The molecule has 3 rings (SSSR count). The van der Waals surface area contributed by atoms with Gasteiger partial charge in [0.15, 0.2) is 0 Å². The molecular formula is C18H20N6O3. The molecule has 3 aromatic rings. The highest BCUT2D eigenvalue weighted by Gasteiger charge is 2.12. The summed E-state index contributed by atoms with van der Waals surface area (Å²) in [5.74, 6) is -0.642. The number of carbonyl (C=O) groups excluding carboxylic acids is 1. The Morgan fingerprint density at radius 1 is 1.22 bits per heavy atom. The van der Waals surface area contributed by atoms with Gasteiger partial charge in [0.2, 0.25) is 0 Å². The second-order valence-corrected chi connectivity index (χ2v) is 5.99. The van der Waals surface area contributed by atoms with Gasteiger partial charge in [0, 0.05) is 30.1 Å². The maximum atomic E-state index is 12.5. The van der Waals surface area contributed by atoms with E-state index in [0.717, 1.165) is 23.9 Å². The topological polar surface area (TPSA) is 133 Å². The number of nitrogens with zero attached hydrogens (tertiary/aromatic N) is 3. The number of carboxylic acids is 1. The number of H-pyrrole nitrogens is 1. The van der Waals surface area contributed by atoms with Gasteiger partial charge in [0.25, 0.3) is 5.91 Å². The molecule has 27 heavy (non-hydrogen) atoms. The first-order valence-electron chi connectivity index (χ1n) is 8.63. The Bertz CT molecular complexity index is 969. The number of nitrogens with one attached hydrogen (secondary N) is 3. The van der Waals surface area contributed by atoms with Crippen LogP contribution in [0.3, 0.4) is 0 Å². The third kappa shape index (κ3) is 4.57. The number of aromatic amines is 1. The van der Waals surface area contributed by atoms with E-state index in [9.17, 15) is 9.59 Å². The number of hydrogen-bond donors (Lipinski definition) is 4. The number of carbonyl (C=O) groups is 2. The van der Waals surface area contributed by atoms with Crippen LogP contribution in [0.25, 0.3) is 10.9 Å². The molecule has 0 aliphatic heterocycles. The summed E-state index contributed by atoms with van der Waals surface area (Å²) in [5, 5.41) is 22.6. The first-order valence-corrected chi connectivity index (χ1v) is 8.63. The molecule has 0 unspecified atom stereocenters. The van der Waals surface area contributed by atoms with Crippen LogP contribution < -0.4 is 10.6 Å². The number of benzene rings is 1. The lowest BCUT2D eigenvalue weighted by atomic mass is 10.1. The van der Waals surface area contributed by atoms with Crippen molar-refractivity contribution in [3.8, 4) is 0 Å². The predicted molar refractivity (Wildman–Crippen MR) is 101 cm³/mol. The highest BCUT2D eigenvalue weighted by atomic mass is 16.4. The molecule has 0 atom stereocenters. The van der Waals surface area contributed by atoms with Crippen LogP contribution in [0.2, 0.25) is 0 Å². The van der Waals surface area contributed by atoms with Crippen molar-refractivity contribution in [1.82, 2.24) is 20.2 Å². The van der Waals surface area contributed by atoms with E-state index in [1.165, 1.54) is 6.33 Å². The summed E-state index contributed by atoms with van der Waals surface area (Å²) < 4.78 is 0. The summed E-state index contributed by atoms with van der Waals surface area (Å²) in [5.41, 5.74) is 2.26. The SMILES string of the molecule is CCCNc1cc(C(=O)Nc2ccc3[nH]nc(CCC(=O)O)c3c2)ncn1. The zero-order valence-electron chi connectivity index (χ0n) is 14.8. The largest absolute Gasteiger partial charge is 0.481 e. The zero-order valence-corrected chi connectivity index (χ0v) is 14.8. The van der Waals surface area contributed by atoms with Crippen molar-refractivity contribution >= 4 is 34.3 Å². The molecule has 140 valence electrons. The molecule has 2 aromatic heterocycles. The molecule has 0 fully saturated rings. The Morgan fingerprint density at radius 3 is 2.85 bits per heavy atom. The van der Waals surface area contributed by atoms with Gasteiger partial charge in [-0.25, -0.2) is 9.97 Å². The summed E-state index contributed by atoms with van der Waals surface area (Å²) >= 11 is 0. The van der Waals surface area contributed by atoms with Gasteiger partial charge in [-0.2, -0.15) is 5.10 Å². The first kappa shape index (κ1) is 18.3. The maximum Gasteiger partial charge on any atom is 0.303 e. The normalized spacial score (nSPS) is 10.7. The smallest absolute Gasteiger partial charge is 0.303 e. The minimum Gasteiger partial charge on any atom is -0.481 e. The minimum absolute atomic E-state index is 0.00892. The number of aryl methyl sites for hydroxylation is 1. The first-order chi connectivity index (χ1) is 13.1. The molecule has 0 saturated carbocycles. The summed E-state index contributed by atoms with van der Waals surface area (Å²) in [7, 11) is 0. The Morgan fingerprint density at radius 2 is 2.07 bits per heavy atom. The summed E-state index contributed by atoms with van der Waals surface area (Å²) in [6, 6.07) is 6.90. The lowest BCUT2D eigenvalue weighted by Crippen LogP contribution is -2.14.